The Morgan fingerprint density at radius 3 is 2.83 bits per heavy atom. The molecule has 0 spiro atoms. The molecule has 0 N–H and O–H groups in total. The average molecular weight is 425 g/mol. The van der Waals surface area contributed by atoms with E-state index in [1.54, 1.807) is 22.2 Å². The van der Waals surface area contributed by atoms with Crippen LogP contribution in [0.25, 0.3) is 6.08 Å². The van der Waals surface area contributed by atoms with Gasteiger partial charge < -0.3 is 9.80 Å². The molecule has 5 heteroatoms. The number of carbonyl (C=O) groups excluding carboxylic acids is 1. The van der Waals surface area contributed by atoms with Gasteiger partial charge in [-0.1, -0.05) is 12.1 Å². The summed E-state index contributed by atoms with van der Waals surface area (Å²) in [6.07, 6.45) is 7.29. The van der Waals surface area contributed by atoms with Crippen LogP contribution in [0.1, 0.15) is 46.2 Å². The van der Waals surface area contributed by atoms with Crippen molar-refractivity contribution < 1.29 is 4.79 Å². The van der Waals surface area contributed by atoms with Gasteiger partial charge in [0, 0.05) is 46.9 Å². The van der Waals surface area contributed by atoms with E-state index in [4.69, 9.17) is 0 Å². The Morgan fingerprint density at radius 1 is 1.14 bits per heavy atom. The molecule has 3 nitrogen and oxygen atoms in total. The molecular weight excluding hydrogens is 396 g/mol. The average Bonchev–Trinajstić information content (AvgIpc) is 3.11. The maximum atomic E-state index is 13.3. The zero-order valence-electron chi connectivity index (χ0n) is 17.2. The molecule has 29 heavy (non-hydrogen) atoms. The van der Waals surface area contributed by atoms with Crippen molar-refractivity contribution in [2.24, 2.45) is 0 Å². The summed E-state index contributed by atoms with van der Waals surface area (Å²) in [5.41, 5.74) is 5.67. The van der Waals surface area contributed by atoms with Gasteiger partial charge in [0.15, 0.2) is 0 Å². The molecule has 1 atom stereocenters. The highest BCUT2D eigenvalue weighted by Crippen LogP contribution is 2.43. The molecule has 2 aromatic rings. The van der Waals surface area contributed by atoms with E-state index in [9.17, 15) is 4.79 Å². The van der Waals surface area contributed by atoms with E-state index in [0.29, 0.717) is 6.04 Å². The quantitative estimate of drug-likeness (QED) is 0.657. The lowest BCUT2D eigenvalue weighted by Crippen LogP contribution is -2.54. The van der Waals surface area contributed by atoms with Crippen molar-refractivity contribution in [3.05, 3.63) is 55.6 Å². The molecule has 1 aliphatic carbocycles. The van der Waals surface area contributed by atoms with Gasteiger partial charge in [0.1, 0.15) is 0 Å². The summed E-state index contributed by atoms with van der Waals surface area (Å²) in [6, 6.07) is 9.01. The van der Waals surface area contributed by atoms with Gasteiger partial charge in [0.25, 0.3) is 5.91 Å². The smallest absolute Gasteiger partial charge is 0.260 e. The number of fused-ring (bicyclic) bond motifs is 3. The first-order valence-corrected chi connectivity index (χ1v) is 12.5. The number of benzene rings is 1. The fraction of sp³-hybridized carbons (Fsp3) is 0.458. The first-order valence-electron chi connectivity index (χ1n) is 10.7. The molecule has 152 valence electrons. The maximum Gasteiger partial charge on any atom is 0.260 e. The molecule has 1 fully saturated rings. The summed E-state index contributed by atoms with van der Waals surface area (Å²) in [7, 11) is 0. The topological polar surface area (TPSA) is 23.6 Å². The van der Waals surface area contributed by atoms with E-state index >= 15 is 0 Å². The van der Waals surface area contributed by atoms with Crippen molar-refractivity contribution in [2.75, 3.05) is 24.5 Å². The molecular formula is C24H28N2OS2. The van der Waals surface area contributed by atoms with Crippen LogP contribution in [0.2, 0.25) is 0 Å². The molecule has 1 saturated heterocycles. The van der Waals surface area contributed by atoms with E-state index in [-0.39, 0.29) is 5.91 Å². The molecule has 1 amide bonds. The minimum absolute atomic E-state index is 0.225. The molecule has 3 heterocycles. The summed E-state index contributed by atoms with van der Waals surface area (Å²) in [6.45, 7) is 6.85. The zero-order valence-corrected chi connectivity index (χ0v) is 18.9. The molecule has 3 aliphatic rings. The SMILES string of the molecule is Cc1cccc(N2CCN(C(=O)C3=Cc4sc5c(c4CS3)CCCC5)CC2C)c1. The number of aryl methyl sites for hydroxylation is 2. The van der Waals surface area contributed by atoms with Gasteiger partial charge in [0.05, 0.1) is 4.91 Å². The van der Waals surface area contributed by atoms with E-state index in [1.165, 1.54) is 47.4 Å². The third kappa shape index (κ3) is 3.64. The highest BCUT2D eigenvalue weighted by Gasteiger charge is 2.31. The molecule has 0 radical (unpaired) electrons. The second-order valence-electron chi connectivity index (χ2n) is 8.48. The van der Waals surface area contributed by atoms with Crippen LogP contribution in [0.4, 0.5) is 5.69 Å². The van der Waals surface area contributed by atoms with Crippen molar-refractivity contribution in [2.45, 2.75) is 51.3 Å². The number of anilines is 1. The van der Waals surface area contributed by atoms with E-state index in [1.807, 2.05) is 11.3 Å². The largest absolute Gasteiger partial charge is 0.365 e. The van der Waals surface area contributed by atoms with Crippen LogP contribution >= 0.6 is 23.1 Å². The lowest BCUT2D eigenvalue weighted by atomic mass is 9.95. The minimum atomic E-state index is 0.225. The lowest BCUT2D eigenvalue weighted by molar-refractivity contribution is -0.127. The molecule has 1 aromatic heterocycles. The van der Waals surface area contributed by atoms with Gasteiger partial charge in [-0.2, -0.15) is 0 Å². The summed E-state index contributed by atoms with van der Waals surface area (Å²) in [5, 5.41) is 0. The van der Waals surface area contributed by atoms with E-state index in [0.717, 1.165) is 30.3 Å². The summed E-state index contributed by atoms with van der Waals surface area (Å²) in [4.78, 5) is 21.6. The number of amides is 1. The van der Waals surface area contributed by atoms with Gasteiger partial charge >= 0.3 is 0 Å². The third-order valence-corrected chi connectivity index (χ3v) is 8.72. The highest BCUT2D eigenvalue weighted by molar-refractivity contribution is 8.03. The van der Waals surface area contributed by atoms with Gasteiger partial charge in [-0.25, -0.2) is 0 Å². The fourth-order valence-electron chi connectivity index (χ4n) is 4.85. The first-order chi connectivity index (χ1) is 14.1. The Kier molecular flexibility index (Phi) is 5.21. The Balaban J connectivity index is 1.31. The highest BCUT2D eigenvalue weighted by atomic mass is 32.2. The molecule has 1 unspecified atom stereocenters. The predicted molar refractivity (Wildman–Crippen MR) is 125 cm³/mol. The van der Waals surface area contributed by atoms with E-state index < -0.39 is 0 Å². The van der Waals surface area contributed by atoms with Crippen molar-refractivity contribution in [1.82, 2.24) is 4.90 Å². The summed E-state index contributed by atoms with van der Waals surface area (Å²) in [5.74, 6) is 1.19. The number of nitrogens with zero attached hydrogens (tertiary/aromatic N) is 2. The summed E-state index contributed by atoms with van der Waals surface area (Å²) >= 11 is 3.68. The Bertz CT molecular complexity index is 977. The summed E-state index contributed by atoms with van der Waals surface area (Å²) < 4.78 is 0. The van der Waals surface area contributed by atoms with Gasteiger partial charge in [0.2, 0.25) is 0 Å². The van der Waals surface area contributed by atoms with Crippen LogP contribution in [0.3, 0.4) is 0 Å². The first kappa shape index (κ1) is 19.3. The lowest BCUT2D eigenvalue weighted by Gasteiger charge is -2.41. The molecule has 0 bridgehead atoms. The van der Waals surface area contributed by atoms with Crippen LogP contribution < -0.4 is 4.90 Å². The van der Waals surface area contributed by atoms with Crippen LogP contribution in [-0.4, -0.2) is 36.5 Å². The van der Waals surface area contributed by atoms with Crippen molar-refractivity contribution in [3.63, 3.8) is 0 Å². The van der Waals surface area contributed by atoms with Crippen LogP contribution in [0, 0.1) is 6.92 Å². The number of carbonyl (C=O) groups is 1. The molecule has 0 saturated carbocycles. The number of thioether (sulfide) groups is 1. The molecule has 5 rings (SSSR count). The van der Waals surface area contributed by atoms with Crippen LogP contribution in [0.5, 0.6) is 0 Å². The van der Waals surface area contributed by atoms with Gasteiger partial charge in [-0.15, -0.1) is 23.1 Å². The molecule has 2 aliphatic heterocycles. The number of hydrogen-bond acceptors (Lipinski definition) is 4. The number of piperazine rings is 1. The number of hydrogen-bond donors (Lipinski definition) is 0. The van der Waals surface area contributed by atoms with E-state index in [2.05, 4.69) is 54.0 Å². The van der Waals surface area contributed by atoms with Crippen molar-refractivity contribution in [3.8, 4) is 0 Å². The normalized spacial score (nSPS) is 21.4. The Morgan fingerprint density at radius 2 is 2.00 bits per heavy atom. The van der Waals surface area contributed by atoms with Crippen molar-refractivity contribution >= 4 is 40.8 Å². The van der Waals surface area contributed by atoms with Gasteiger partial charge in [-0.3, -0.25) is 4.79 Å². The van der Waals surface area contributed by atoms with Gasteiger partial charge in [-0.05, 0) is 74.4 Å². The second-order valence-corrected chi connectivity index (χ2v) is 10.6. The third-order valence-electron chi connectivity index (χ3n) is 6.41. The predicted octanol–water partition coefficient (Wildman–Crippen LogP) is 5.26. The Hall–Kier alpha value is -1.72. The van der Waals surface area contributed by atoms with Crippen LogP contribution in [-0.2, 0) is 23.4 Å². The zero-order chi connectivity index (χ0) is 20.0. The molecule has 1 aromatic carbocycles. The maximum absolute atomic E-state index is 13.3. The Labute approximate surface area is 181 Å². The van der Waals surface area contributed by atoms with Crippen LogP contribution in [0.15, 0.2) is 29.2 Å². The number of rotatable bonds is 2. The number of thiophene rings is 1. The fourth-order valence-corrected chi connectivity index (χ4v) is 7.45. The minimum Gasteiger partial charge on any atom is -0.365 e. The van der Waals surface area contributed by atoms with Crippen molar-refractivity contribution in [1.29, 1.82) is 0 Å². The monoisotopic (exact) mass is 424 g/mol. The second kappa shape index (κ2) is 7.84. The standard InChI is InChI=1S/C24H28N2OS2/c1-16-6-5-7-18(12-16)26-11-10-25(14-17(26)2)24(27)23-13-22-20(15-28-23)19-8-3-4-9-21(19)29-22/h5-7,12-13,17H,3-4,8-11,14-15H2,1-2H3.